The molecule has 0 saturated heterocycles. The van der Waals surface area contributed by atoms with Gasteiger partial charge in [0, 0.05) is 10.6 Å². The molecule has 0 radical (unpaired) electrons. The summed E-state index contributed by atoms with van der Waals surface area (Å²) in [4.78, 5) is 11.0. The Morgan fingerprint density at radius 1 is 1.15 bits per heavy atom. The van der Waals surface area contributed by atoms with E-state index in [-0.39, 0.29) is 17.2 Å². The lowest BCUT2D eigenvalue weighted by Crippen LogP contribution is -2.02. The van der Waals surface area contributed by atoms with Gasteiger partial charge in [0.05, 0.1) is 15.6 Å². The maximum atomic E-state index is 11.0. The Morgan fingerprint density at radius 3 is 2.55 bits per heavy atom. The van der Waals surface area contributed by atoms with Gasteiger partial charge in [0.1, 0.15) is 12.4 Å². The van der Waals surface area contributed by atoms with E-state index in [4.69, 9.17) is 44.6 Å². The summed E-state index contributed by atoms with van der Waals surface area (Å²) in [7, 11) is 0. The van der Waals surface area contributed by atoms with Crippen molar-refractivity contribution in [1.29, 1.82) is 0 Å². The Labute approximate surface area is 130 Å². The SMILES string of the molecule is O=C(O)c1cccc(COc2ccc(Cl)cc2Cl)c1Cl. The van der Waals surface area contributed by atoms with Crippen molar-refractivity contribution in [2.75, 3.05) is 0 Å². The van der Waals surface area contributed by atoms with Crippen LogP contribution in [0.15, 0.2) is 36.4 Å². The van der Waals surface area contributed by atoms with Gasteiger partial charge in [-0.25, -0.2) is 4.79 Å². The number of benzene rings is 2. The first-order valence-corrected chi connectivity index (χ1v) is 6.71. The molecule has 0 unspecified atom stereocenters. The minimum absolute atomic E-state index is 0.0370. The monoisotopic (exact) mass is 330 g/mol. The fourth-order valence-electron chi connectivity index (χ4n) is 1.60. The van der Waals surface area contributed by atoms with Crippen LogP contribution in [-0.4, -0.2) is 11.1 Å². The lowest BCUT2D eigenvalue weighted by Gasteiger charge is -2.10. The average Bonchev–Trinajstić information content (AvgIpc) is 2.39. The topological polar surface area (TPSA) is 46.5 Å². The fourth-order valence-corrected chi connectivity index (χ4v) is 2.33. The van der Waals surface area contributed by atoms with E-state index in [2.05, 4.69) is 0 Å². The fraction of sp³-hybridized carbons (Fsp3) is 0.0714. The molecule has 20 heavy (non-hydrogen) atoms. The molecule has 0 atom stereocenters. The molecule has 0 aliphatic rings. The van der Waals surface area contributed by atoms with Gasteiger partial charge in [0.25, 0.3) is 0 Å². The van der Waals surface area contributed by atoms with Crippen molar-refractivity contribution in [1.82, 2.24) is 0 Å². The van der Waals surface area contributed by atoms with E-state index in [9.17, 15) is 4.79 Å². The van der Waals surface area contributed by atoms with Crippen LogP contribution in [0.4, 0.5) is 0 Å². The third kappa shape index (κ3) is 3.37. The van der Waals surface area contributed by atoms with Gasteiger partial charge in [-0.1, -0.05) is 46.9 Å². The summed E-state index contributed by atoms with van der Waals surface area (Å²) in [6.07, 6.45) is 0. The van der Waals surface area contributed by atoms with Crippen molar-refractivity contribution in [3.05, 3.63) is 62.6 Å². The summed E-state index contributed by atoms with van der Waals surface area (Å²) < 4.78 is 5.53. The van der Waals surface area contributed by atoms with E-state index < -0.39 is 5.97 Å². The molecule has 2 aromatic carbocycles. The molecule has 0 fully saturated rings. The molecule has 3 nitrogen and oxygen atoms in total. The van der Waals surface area contributed by atoms with Gasteiger partial charge in [0.15, 0.2) is 0 Å². The molecule has 0 bridgehead atoms. The molecule has 2 aromatic rings. The molecule has 6 heteroatoms. The van der Waals surface area contributed by atoms with Crippen LogP contribution < -0.4 is 4.74 Å². The van der Waals surface area contributed by atoms with Crippen LogP contribution in [0, 0.1) is 0 Å². The Kier molecular flexibility index (Phi) is 4.76. The number of carboxylic acids is 1. The number of rotatable bonds is 4. The van der Waals surface area contributed by atoms with Gasteiger partial charge in [-0.15, -0.1) is 0 Å². The summed E-state index contributed by atoms with van der Waals surface area (Å²) in [6, 6.07) is 9.59. The number of halogens is 3. The number of hydrogen-bond donors (Lipinski definition) is 1. The van der Waals surface area contributed by atoms with Crippen LogP contribution in [0.2, 0.25) is 15.1 Å². The molecule has 104 valence electrons. The predicted molar refractivity (Wildman–Crippen MR) is 79.2 cm³/mol. The van der Waals surface area contributed by atoms with Gasteiger partial charge in [-0.3, -0.25) is 0 Å². The second-order valence-corrected chi connectivity index (χ2v) is 5.17. The second-order valence-electron chi connectivity index (χ2n) is 3.95. The zero-order valence-corrected chi connectivity index (χ0v) is 12.3. The van der Waals surface area contributed by atoms with Gasteiger partial charge in [0.2, 0.25) is 0 Å². The smallest absolute Gasteiger partial charge is 0.337 e. The molecule has 0 heterocycles. The molecule has 1 N–H and O–H groups in total. The normalized spacial score (nSPS) is 10.3. The Balaban J connectivity index is 2.19. The van der Waals surface area contributed by atoms with Crippen LogP contribution >= 0.6 is 34.8 Å². The number of ether oxygens (including phenoxy) is 1. The van der Waals surface area contributed by atoms with Crippen LogP contribution in [0.25, 0.3) is 0 Å². The van der Waals surface area contributed by atoms with E-state index in [0.717, 1.165) is 0 Å². The largest absolute Gasteiger partial charge is 0.487 e. The first kappa shape index (κ1) is 15.0. The molecule has 2 rings (SSSR count). The van der Waals surface area contributed by atoms with E-state index >= 15 is 0 Å². The van der Waals surface area contributed by atoms with Crippen LogP contribution in [0.3, 0.4) is 0 Å². The quantitative estimate of drug-likeness (QED) is 0.864. The van der Waals surface area contributed by atoms with Gasteiger partial charge < -0.3 is 9.84 Å². The van der Waals surface area contributed by atoms with Crippen molar-refractivity contribution in [2.24, 2.45) is 0 Å². The average molecular weight is 332 g/mol. The molecular weight excluding hydrogens is 323 g/mol. The summed E-state index contributed by atoms with van der Waals surface area (Å²) in [5, 5.41) is 10.0. The van der Waals surface area contributed by atoms with Crippen molar-refractivity contribution in [2.45, 2.75) is 6.61 Å². The highest BCUT2D eigenvalue weighted by molar-refractivity contribution is 6.35. The van der Waals surface area contributed by atoms with Crippen molar-refractivity contribution in [3.63, 3.8) is 0 Å². The number of carboxylic acid groups (broad SMARTS) is 1. The lowest BCUT2D eigenvalue weighted by atomic mass is 10.1. The minimum atomic E-state index is -1.08. The summed E-state index contributed by atoms with van der Waals surface area (Å²) >= 11 is 17.8. The Morgan fingerprint density at radius 2 is 1.90 bits per heavy atom. The zero-order valence-electron chi connectivity index (χ0n) is 10.1. The molecule has 0 aliphatic carbocycles. The Hall–Kier alpha value is -1.42. The molecule has 0 aliphatic heterocycles. The van der Waals surface area contributed by atoms with Crippen LogP contribution in [0.1, 0.15) is 15.9 Å². The Bertz CT molecular complexity index is 656. The van der Waals surface area contributed by atoms with Crippen molar-refractivity contribution < 1.29 is 14.6 Å². The van der Waals surface area contributed by atoms with Crippen LogP contribution in [0.5, 0.6) is 5.75 Å². The van der Waals surface area contributed by atoms with Gasteiger partial charge in [-0.2, -0.15) is 0 Å². The first-order chi connectivity index (χ1) is 9.49. The molecule has 0 spiro atoms. The lowest BCUT2D eigenvalue weighted by molar-refractivity contribution is 0.0697. The molecular formula is C14H9Cl3O3. The minimum Gasteiger partial charge on any atom is -0.487 e. The number of carbonyl (C=O) groups is 1. The standard InChI is InChI=1S/C14H9Cl3O3/c15-9-4-5-12(11(16)6-9)20-7-8-2-1-3-10(13(8)17)14(18)19/h1-6H,7H2,(H,18,19). The van der Waals surface area contributed by atoms with Gasteiger partial charge >= 0.3 is 5.97 Å². The number of aromatic carboxylic acids is 1. The van der Waals surface area contributed by atoms with E-state index in [1.807, 2.05) is 0 Å². The molecule has 0 aromatic heterocycles. The second kappa shape index (κ2) is 6.35. The van der Waals surface area contributed by atoms with Crippen LogP contribution in [-0.2, 0) is 6.61 Å². The number of hydrogen-bond acceptors (Lipinski definition) is 2. The third-order valence-corrected chi connectivity index (χ3v) is 3.56. The van der Waals surface area contributed by atoms with E-state index in [0.29, 0.717) is 21.4 Å². The van der Waals surface area contributed by atoms with Crippen molar-refractivity contribution >= 4 is 40.8 Å². The molecule has 0 saturated carbocycles. The first-order valence-electron chi connectivity index (χ1n) is 5.57. The maximum absolute atomic E-state index is 11.0. The summed E-state index contributed by atoms with van der Waals surface area (Å²) in [5.41, 5.74) is 0.604. The highest BCUT2D eigenvalue weighted by atomic mass is 35.5. The van der Waals surface area contributed by atoms with Gasteiger partial charge in [-0.05, 0) is 24.3 Å². The highest BCUT2D eigenvalue weighted by Gasteiger charge is 2.12. The highest BCUT2D eigenvalue weighted by Crippen LogP contribution is 2.29. The van der Waals surface area contributed by atoms with Crippen molar-refractivity contribution in [3.8, 4) is 5.75 Å². The molecule has 0 amide bonds. The third-order valence-electron chi connectivity index (χ3n) is 2.59. The summed E-state index contributed by atoms with van der Waals surface area (Å²) in [5.74, 6) is -0.630. The zero-order chi connectivity index (χ0) is 14.7. The maximum Gasteiger partial charge on any atom is 0.337 e. The van der Waals surface area contributed by atoms with E-state index in [1.165, 1.54) is 6.07 Å². The van der Waals surface area contributed by atoms with E-state index in [1.54, 1.807) is 30.3 Å². The predicted octanol–water partition coefficient (Wildman–Crippen LogP) is 4.92. The summed E-state index contributed by atoms with van der Waals surface area (Å²) in [6.45, 7) is 0.112.